The molecule has 122 valence electrons. The van der Waals surface area contributed by atoms with Crippen LogP contribution in [0.4, 0.5) is 5.69 Å². The average molecular weight is 351 g/mol. The van der Waals surface area contributed by atoms with Crippen LogP contribution in [0.25, 0.3) is 0 Å². The van der Waals surface area contributed by atoms with E-state index in [1.54, 1.807) is 36.2 Å². The van der Waals surface area contributed by atoms with Crippen molar-refractivity contribution < 1.29 is 9.77 Å². The smallest absolute Gasteiger partial charge is 0.176 e. The van der Waals surface area contributed by atoms with E-state index in [2.05, 4.69) is 0 Å². The number of hydrazine groups is 1. The van der Waals surface area contributed by atoms with E-state index < -0.39 is 5.03 Å². The van der Waals surface area contributed by atoms with Gasteiger partial charge in [0.2, 0.25) is 0 Å². The Balaban J connectivity index is 2.26. The van der Waals surface area contributed by atoms with Crippen molar-refractivity contribution >= 4 is 29.4 Å². The van der Waals surface area contributed by atoms with E-state index in [4.69, 9.17) is 10.5 Å². The van der Waals surface area contributed by atoms with Gasteiger partial charge in [-0.1, -0.05) is 0 Å². The van der Waals surface area contributed by atoms with E-state index in [1.165, 1.54) is 0 Å². The summed E-state index contributed by atoms with van der Waals surface area (Å²) in [6.45, 7) is 0.228. The fraction of sp³-hybridized carbons (Fsp3) is 0.200. The van der Waals surface area contributed by atoms with E-state index in [0.29, 0.717) is 22.7 Å². The summed E-state index contributed by atoms with van der Waals surface area (Å²) in [6, 6.07) is 12.7. The Morgan fingerprint density at radius 2 is 1.91 bits per heavy atom. The summed E-state index contributed by atoms with van der Waals surface area (Å²) in [7, 11) is 0. The minimum absolute atomic E-state index is 0.228. The van der Waals surface area contributed by atoms with Crippen molar-refractivity contribution in [2.75, 3.05) is 16.9 Å². The summed E-state index contributed by atoms with van der Waals surface area (Å²) >= 11 is 2.67. The molecule has 8 heteroatoms. The SMILES string of the molecule is CSc1ccc(Oc2ccc(N(SC)[N+](=O)[O-])cc2CN)cc1. The highest BCUT2D eigenvalue weighted by molar-refractivity contribution is 7.99. The van der Waals surface area contributed by atoms with Crippen LogP contribution in [0.5, 0.6) is 11.5 Å². The van der Waals surface area contributed by atoms with Gasteiger partial charge in [-0.2, -0.15) is 0 Å². The van der Waals surface area contributed by atoms with Gasteiger partial charge in [0.15, 0.2) is 5.03 Å². The maximum atomic E-state index is 11.0. The van der Waals surface area contributed by atoms with Gasteiger partial charge < -0.3 is 10.5 Å². The molecule has 2 rings (SSSR count). The summed E-state index contributed by atoms with van der Waals surface area (Å²) in [4.78, 5) is 12.2. The van der Waals surface area contributed by atoms with Crippen molar-refractivity contribution in [3.8, 4) is 11.5 Å². The normalized spacial score (nSPS) is 10.4. The largest absolute Gasteiger partial charge is 0.457 e. The van der Waals surface area contributed by atoms with Crippen molar-refractivity contribution in [2.24, 2.45) is 5.73 Å². The summed E-state index contributed by atoms with van der Waals surface area (Å²) in [5, 5.41) is 10.5. The summed E-state index contributed by atoms with van der Waals surface area (Å²) < 4.78 is 6.83. The Kier molecular flexibility index (Phi) is 6.14. The molecule has 0 saturated heterocycles. The zero-order valence-electron chi connectivity index (χ0n) is 12.8. The number of nitro groups is 1. The third-order valence-electron chi connectivity index (χ3n) is 3.09. The number of benzene rings is 2. The zero-order valence-corrected chi connectivity index (χ0v) is 14.4. The molecule has 0 aromatic heterocycles. The molecular formula is C15H17N3O3S2. The second kappa shape index (κ2) is 8.09. The van der Waals surface area contributed by atoms with Crippen molar-refractivity contribution in [3.05, 3.63) is 58.1 Å². The standard InChI is InChI=1S/C15H17N3O3S2/c1-22-14-6-4-13(5-7-14)21-15-8-3-12(9-11(15)10-16)17(23-2)18(19)20/h3-9H,10,16H2,1-2H3. The van der Waals surface area contributed by atoms with Gasteiger partial charge in [-0.3, -0.25) is 0 Å². The van der Waals surface area contributed by atoms with E-state index in [-0.39, 0.29) is 6.54 Å². The van der Waals surface area contributed by atoms with Crippen LogP contribution in [0, 0.1) is 10.1 Å². The first-order chi connectivity index (χ1) is 11.1. The predicted molar refractivity (Wildman–Crippen MR) is 95.6 cm³/mol. The number of ether oxygens (including phenoxy) is 1. The number of thioether (sulfide) groups is 1. The van der Waals surface area contributed by atoms with Crippen molar-refractivity contribution in [2.45, 2.75) is 11.4 Å². The molecule has 0 atom stereocenters. The monoisotopic (exact) mass is 351 g/mol. The third kappa shape index (κ3) is 4.31. The topological polar surface area (TPSA) is 81.6 Å². The average Bonchev–Trinajstić information content (AvgIpc) is 2.57. The van der Waals surface area contributed by atoms with Crippen molar-refractivity contribution in [1.82, 2.24) is 0 Å². The lowest BCUT2D eigenvalue weighted by molar-refractivity contribution is -0.472. The van der Waals surface area contributed by atoms with Gasteiger partial charge in [-0.05, 0) is 53.1 Å². The molecule has 0 fully saturated rings. The van der Waals surface area contributed by atoms with Crippen LogP contribution in [0.2, 0.25) is 0 Å². The number of hydrogen-bond acceptors (Lipinski definition) is 6. The second-order valence-corrected chi connectivity index (χ2v) is 6.06. The first kappa shape index (κ1) is 17.5. The maximum absolute atomic E-state index is 11.0. The Labute approximate surface area is 143 Å². The van der Waals surface area contributed by atoms with Crippen LogP contribution in [-0.2, 0) is 6.54 Å². The van der Waals surface area contributed by atoms with Gasteiger partial charge >= 0.3 is 0 Å². The minimum Gasteiger partial charge on any atom is -0.457 e. The van der Waals surface area contributed by atoms with E-state index in [9.17, 15) is 10.1 Å². The molecule has 0 amide bonds. The number of nitrogens with two attached hydrogens (primary N) is 1. The molecule has 2 aromatic rings. The minimum atomic E-state index is -0.470. The van der Waals surface area contributed by atoms with Crippen LogP contribution in [0.3, 0.4) is 0 Å². The molecule has 0 aliphatic heterocycles. The zero-order chi connectivity index (χ0) is 16.8. The molecule has 0 radical (unpaired) electrons. The molecule has 0 unspecified atom stereocenters. The summed E-state index contributed by atoms with van der Waals surface area (Å²) in [5.41, 5.74) is 6.92. The molecule has 2 aromatic carbocycles. The highest BCUT2D eigenvalue weighted by Gasteiger charge is 2.18. The quantitative estimate of drug-likeness (QED) is 0.350. The van der Waals surface area contributed by atoms with Crippen LogP contribution in [0.1, 0.15) is 5.56 Å². The lowest BCUT2D eigenvalue weighted by Crippen LogP contribution is -2.21. The number of anilines is 1. The predicted octanol–water partition coefficient (Wildman–Crippen LogP) is 3.94. The molecule has 23 heavy (non-hydrogen) atoms. The Hall–Kier alpha value is -1.90. The van der Waals surface area contributed by atoms with Crippen molar-refractivity contribution in [3.63, 3.8) is 0 Å². The van der Waals surface area contributed by atoms with Gasteiger partial charge in [0, 0.05) is 35.2 Å². The second-order valence-electron chi connectivity index (χ2n) is 4.47. The van der Waals surface area contributed by atoms with Gasteiger partial charge in [-0.15, -0.1) is 11.8 Å². The first-order valence-corrected chi connectivity index (χ1v) is 9.13. The number of nitrogens with zero attached hydrogens (tertiary/aromatic N) is 2. The number of rotatable bonds is 7. The van der Waals surface area contributed by atoms with Gasteiger partial charge in [0.05, 0.1) is 0 Å². The maximum Gasteiger partial charge on any atom is 0.176 e. The Morgan fingerprint density at radius 1 is 1.22 bits per heavy atom. The molecule has 6 nitrogen and oxygen atoms in total. The first-order valence-electron chi connectivity index (χ1n) is 6.72. The van der Waals surface area contributed by atoms with Gasteiger partial charge in [-0.25, -0.2) is 10.1 Å². The molecule has 0 aliphatic rings. The lowest BCUT2D eigenvalue weighted by Gasteiger charge is -2.14. The van der Waals surface area contributed by atoms with Crippen LogP contribution < -0.4 is 14.9 Å². The third-order valence-corrected chi connectivity index (χ3v) is 4.53. The molecule has 0 saturated carbocycles. The fourth-order valence-electron chi connectivity index (χ4n) is 1.98. The van der Waals surface area contributed by atoms with Gasteiger partial charge in [0.25, 0.3) is 0 Å². The Morgan fingerprint density at radius 3 is 2.43 bits per heavy atom. The van der Waals surface area contributed by atoms with Crippen LogP contribution in [0.15, 0.2) is 47.4 Å². The molecular weight excluding hydrogens is 334 g/mol. The number of hydrogen-bond donors (Lipinski definition) is 1. The molecule has 0 spiro atoms. The molecule has 0 aliphatic carbocycles. The van der Waals surface area contributed by atoms with E-state index in [1.807, 2.05) is 30.5 Å². The Bertz CT molecular complexity index is 680. The summed E-state index contributed by atoms with van der Waals surface area (Å²) in [5.74, 6) is 1.29. The highest BCUT2D eigenvalue weighted by Crippen LogP contribution is 2.31. The molecule has 0 bridgehead atoms. The van der Waals surface area contributed by atoms with E-state index in [0.717, 1.165) is 21.3 Å². The fourth-order valence-corrected chi connectivity index (χ4v) is 2.85. The summed E-state index contributed by atoms with van der Waals surface area (Å²) in [6.07, 6.45) is 3.65. The van der Waals surface area contributed by atoms with Crippen LogP contribution in [-0.4, -0.2) is 17.5 Å². The van der Waals surface area contributed by atoms with E-state index >= 15 is 0 Å². The lowest BCUT2D eigenvalue weighted by atomic mass is 10.2. The molecule has 2 N–H and O–H groups in total. The van der Waals surface area contributed by atoms with Crippen LogP contribution >= 0.6 is 23.7 Å². The van der Waals surface area contributed by atoms with Gasteiger partial charge in [0.1, 0.15) is 17.2 Å². The van der Waals surface area contributed by atoms with Crippen molar-refractivity contribution in [1.29, 1.82) is 0 Å². The molecule has 0 heterocycles. The highest BCUT2D eigenvalue weighted by atomic mass is 32.2.